The van der Waals surface area contributed by atoms with Gasteiger partial charge in [0.2, 0.25) is 0 Å². The van der Waals surface area contributed by atoms with Crippen molar-refractivity contribution in [2.24, 2.45) is 0 Å². The Balaban J connectivity index is 2.19. The van der Waals surface area contributed by atoms with E-state index >= 15 is 0 Å². The summed E-state index contributed by atoms with van der Waals surface area (Å²) in [5.41, 5.74) is 0.679. The number of nitrogens with zero attached hydrogens (tertiary/aromatic N) is 1. The van der Waals surface area contributed by atoms with E-state index in [0.29, 0.717) is 11.6 Å². The van der Waals surface area contributed by atoms with Crippen LogP contribution in [0.15, 0.2) is 30.3 Å². The lowest BCUT2D eigenvalue weighted by Gasteiger charge is -2.28. The predicted octanol–water partition coefficient (Wildman–Crippen LogP) is 3.75. The highest BCUT2D eigenvalue weighted by atomic mass is 32.1. The Morgan fingerprint density at radius 1 is 1.27 bits per heavy atom. The number of benzene rings is 1. The van der Waals surface area contributed by atoms with Gasteiger partial charge in [-0.3, -0.25) is 4.90 Å². The van der Waals surface area contributed by atoms with Gasteiger partial charge < -0.3 is 9.47 Å². The highest BCUT2D eigenvalue weighted by Crippen LogP contribution is 2.33. The van der Waals surface area contributed by atoms with Crippen LogP contribution in [0.1, 0.15) is 38.7 Å². The maximum atomic E-state index is 12.5. The minimum atomic E-state index is -0.527. The van der Waals surface area contributed by atoms with Crippen LogP contribution in [0.25, 0.3) is 0 Å². The molecule has 1 aromatic carbocycles. The molecule has 0 saturated carbocycles. The van der Waals surface area contributed by atoms with Gasteiger partial charge in [0.25, 0.3) is 0 Å². The molecule has 0 aromatic heterocycles. The first-order valence-corrected chi connectivity index (χ1v) is 7.85. The third-order valence-electron chi connectivity index (χ3n) is 3.67. The van der Waals surface area contributed by atoms with Crippen LogP contribution in [0.2, 0.25) is 0 Å². The highest BCUT2D eigenvalue weighted by molar-refractivity contribution is 7.80. The van der Waals surface area contributed by atoms with Crippen molar-refractivity contribution in [1.29, 1.82) is 0 Å². The van der Waals surface area contributed by atoms with E-state index in [1.807, 2.05) is 39.0 Å². The van der Waals surface area contributed by atoms with Crippen LogP contribution in [0.3, 0.4) is 0 Å². The monoisotopic (exact) mass is 321 g/mol. The Labute approximate surface area is 137 Å². The predicted molar refractivity (Wildman–Crippen MR) is 90.1 cm³/mol. The molecule has 4 nitrogen and oxygen atoms in total. The number of carbonyl (C=O) groups is 1. The van der Waals surface area contributed by atoms with Crippen molar-refractivity contribution in [3.05, 3.63) is 35.9 Å². The molecule has 1 saturated heterocycles. The summed E-state index contributed by atoms with van der Waals surface area (Å²) < 4.78 is 10.7. The van der Waals surface area contributed by atoms with E-state index in [-0.39, 0.29) is 18.1 Å². The number of carbonyl (C=O) groups excluding carboxylic acids is 1. The van der Waals surface area contributed by atoms with Gasteiger partial charge >= 0.3 is 6.09 Å². The molecule has 0 radical (unpaired) electrons. The summed E-state index contributed by atoms with van der Waals surface area (Å²) in [7, 11) is 1.55. The average Bonchev–Trinajstić information content (AvgIpc) is 2.91. The summed E-state index contributed by atoms with van der Waals surface area (Å²) in [6.07, 6.45) is 0.422. The summed E-state index contributed by atoms with van der Waals surface area (Å²) in [4.78, 5) is 14.1. The van der Waals surface area contributed by atoms with Gasteiger partial charge in [0, 0.05) is 12.5 Å². The molecule has 1 aliphatic rings. The molecular weight excluding hydrogens is 298 g/mol. The fourth-order valence-corrected chi connectivity index (χ4v) is 2.91. The minimum absolute atomic E-state index is 0.222. The molecule has 1 fully saturated rings. The number of hydrogen-bond acceptors (Lipinski definition) is 4. The topological polar surface area (TPSA) is 38.8 Å². The third kappa shape index (κ3) is 3.97. The zero-order valence-electron chi connectivity index (χ0n) is 13.5. The van der Waals surface area contributed by atoms with Crippen molar-refractivity contribution >= 4 is 23.4 Å². The van der Waals surface area contributed by atoms with Crippen molar-refractivity contribution in [2.45, 2.75) is 44.8 Å². The van der Waals surface area contributed by atoms with Crippen LogP contribution in [-0.4, -0.2) is 41.3 Å². The molecule has 22 heavy (non-hydrogen) atoms. The van der Waals surface area contributed by atoms with Gasteiger partial charge in [-0.1, -0.05) is 30.3 Å². The van der Waals surface area contributed by atoms with E-state index in [1.165, 1.54) is 5.56 Å². The largest absolute Gasteiger partial charge is 0.488 e. The lowest BCUT2D eigenvalue weighted by molar-refractivity contribution is 0.0255. The van der Waals surface area contributed by atoms with Crippen molar-refractivity contribution < 1.29 is 14.3 Å². The summed E-state index contributed by atoms with van der Waals surface area (Å²) in [5, 5.41) is 0.435. The minimum Gasteiger partial charge on any atom is -0.488 e. The second-order valence-electron chi connectivity index (χ2n) is 6.51. The Bertz CT molecular complexity index is 539. The third-order valence-corrected chi connectivity index (χ3v) is 4.11. The summed E-state index contributed by atoms with van der Waals surface area (Å²) in [6, 6.07) is 9.94. The highest BCUT2D eigenvalue weighted by Gasteiger charge is 2.40. The van der Waals surface area contributed by atoms with Crippen LogP contribution in [0.4, 0.5) is 4.79 Å². The molecule has 2 atom stereocenters. The molecule has 1 unspecified atom stereocenters. The van der Waals surface area contributed by atoms with E-state index in [0.717, 1.165) is 6.42 Å². The van der Waals surface area contributed by atoms with E-state index in [9.17, 15) is 4.79 Å². The number of rotatable bonds is 2. The zero-order valence-corrected chi connectivity index (χ0v) is 14.4. The molecule has 0 N–H and O–H groups in total. The van der Waals surface area contributed by atoms with Crippen LogP contribution >= 0.6 is 12.2 Å². The standard InChI is InChI=1S/C17H23NO3S/c1-17(2,3)21-16(19)18-11-13(10-14(18)15(22)20-4)12-8-6-5-7-9-12/h5-9,13-14H,10-11H2,1-4H3/t13?,14-/m0/s1. The van der Waals surface area contributed by atoms with Crippen LogP contribution in [0.5, 0.6) is 0 Å². The first kappa shape index (κ1) is 16.7. The number of thiocarbonyl (C=S) groups is 1. The quantitative estimate of drug-likeness (QED) is 0.778. The summed E-state index contributed by atoms with van der Waals surface area (Å²) in [5.74, 6) is 0.242. The molecule has 0 aliphatic carbocycles. The van der Waals surface area contributed by atoms with Gasteiger partial charge in [-0.25, -0.2) is 4.79 Å². The Hall–Kier alpha value is -1.62. The first-order valence-electron chi connectivity index (χ1n) is 7.44. The first-order chi connectivity index (χ1) is 10.3. The maximum Gasteiger partial charge on any atom is 0.410 e. The normalized spacial score (nSPS) is 21.5. The lowest BCUT2D eigenvalue weighted by Crippen LogP contribution is -2.43. The zero-order chi connectivity index (χ0) is 16.3. The number of ether oxygens (including phenoxy) is 2. The average molecular weight is 321 g/mol. The van der Waals surface area contributed by atoms with Crippen molar-refractivity contribution in [3.63, 3.8) is 0 Å². The van der Waals surface area contributed by atoms with E-state index in [1.54, 1.807) is 12.0 Å². The van der Waals surface area contributed by atoms with Gasteiger partial charge in [-0.05, 0) is 45.0 Å². The second kappa shape index (κ2) is 6.65. The van der Waals surface area contributed by atoms with Crippen molar-refractivity contribution in [3.8, 4) is 0 Å². The molecule has 1 aromatic rings. The summed E-state index contributed by atoms with van der Waals surface area (Å²) >= 11 is 5.28. The number of hydrogen-bond donors (Lipinski definition) is 0. The smallest absolute Gasteiger partial charge is 0.410 e. The number of amides is 1. The van der Waals surface area contributed by atoms with Crippen molar-refractivity contribution in [2.75, 3.05) is 13.7 Å². The molecule has 1 heterocycles. The molecule has 120 valence electrons. The molecule has 0 bridgehead atoms. The summed E-state index contributed by atoms with van der Waals surface area (Å²) in [6.45, 7) is 6.17. The fourth-order valence-electron chi connectivity index (χ4n) is 2.68. The molecule has 0 spiro atoms. The van der Waals surface area contributed by atoms with Gasteiger partial charge in [-0.15, -0.1) is 0 Å². The fraction of sp³-hybridized carbons (Fsp3) is 0.529. The number of methoxy groups -OCH3 is 1. The molecule has 5 heteroatoms. The van der Waals surface area contributed by atoms with Crippen LogP contribution < -0.4 is 0 Å². The van der Waals surface area contributed by atoms with E-state index in [2.05, 4.69) is 12.1 Å². The SMILES string of the molecule is COC(=S)[C@@H]1CC(c2ccccc2)CN1C(=O)OC(C)(C)C. The molecule has 1 amide bonds. The molecular formula is C17H23NO3S. The Kier molecular flexibility index (Phi) is 5.06. The lowest BCUT2D eigenvalue weighted by atomic mass is 9.97. The molecule has 1 aliphatic heterocycles. The van der Waals surface area contributed by atoms with Crippen molar-refractivity contribution in [1.82, 2.24) is 4.90 Å². The van der Waals surface area contributed by atoms with E-state index in [4.69, 9.17) is 21.7 Å². The van der Waals surface area contributed by atoms with Gasteiger partial charge in [0.1, 0.15) is 11.6 Å². The number of likely N-dealkylation sites (tertiary alicyclic amines) is 1. The van der Waals surface area contributed by atoms with Gasteiger partial charge in [-0.2, -0.15) is 0 Å². The Morgan fingerprint density at radius 3 is 2.45 bits per heavy atom. The van der Waals surface area contributed by atoms with Crippen LogP contribution in [0, 0.1) is 0 Å². The van der Waals surface area contributed by atoms with Gasteiger partial charge in [0.15, 0.2) is 5.05 Å². The van der Waals surface area contributed by atoms with E-state index < -0.39 is 5.60 Å². The van der Waals surface area contributed by atoms with Gasteiger partial charge in [0.05, 0.1) is 7.11 Å². The maximum absolute atomic E-state index is 12.5. The second-order valence-corrected chi connectivity index (χ2v) is 6.92. The Morgan fingerprint density at radius 2 is 1.91 bits per heavy atom. The molecule has 2 rings (SSSR count). The van der Waals surface area contributed by atoms with Crippen LogP contribution in [-0.2, 0) is 9.47 Å².